The smallest absolute Gasteiger partial charge is 0.297 e. The van der Waals surface area contributed by atoms with Crippen molar-refractivity contribution in [1.29, 1.82) is 5.26 Å². The average molecular weight is 233 g/mol. The molecule has 0 saturated heterocycles. The molecular formula is C7H5F6NO. The first-order valence-corrected chi connectivity index (χ1v) is 3.52. The third-order valence-corrected chi connectivity index (χ3v) is 1.93. The first kappa shape index (κ1) is 13.7. The van der Waals surface area contributed by atoms with E-state index in [0.717, 1.165) is 6.07 Å². The highest BCUT2D eigenvalue weighted by molar-refractivity contribution is 5.87. The van der Waals surface area contributed by atoms with Crippen LogP contribution in [0.25, 0.3) is 0 Å². The van der Waals surface area contributed by atoms with Gasteiger partial charge in [0, 0.05) is 0 Å². The van der Waals surface area contributed by atoms with Crippen LogP contribution in [0.2, 0.25) is 0 Å². The number of halogens is 6. The molecule has 0 aliphatic heterocycles. The number of alkyl halides is 6. The van der Waals surface area contributed by atoms with Crippen LogP contribution in [-0.4, -0.2) is 18.1 Å². The minimum atomic E-state index is -5.76. The van der Waals surface area contributed by atoms with Gasteiger partial charge in [-0.25, -0.2) is 0 Å². The van der Waals surface area contributed by atoms with E-state index in [4.69, 9.17) is 5.26 Å². The highest BCUT2D eigenvalue weighted by atomic mass is 19.4. The van der Waals surface area contributed by atoms with E-state index in [2.05, 4.69) is 0 Å². The molecule has 8 heteroatoms. The van der Waals surface area contributed by atoms with Gasteiger partial charge in [0.05, 0.1) is 12.5 Å². The molecule has 0 heterocycles. The summed E-state index contributed by atoms with van der Waals surface area (Å²) in [6, 6.07) is 0.968. The molecule has 0 saturated carbocycles. The second kappa shape index (κ2) is 3.72. The van der Waals surface area contributed by atoms with E-state index in [9.17, 15) is 31.1 Å². The molecule has 0 bridgehead atoms. The molecule has 0 rings (SSSR count). The van der Waals surface area contributed by atoms with E-state index in [1.807, 2.05) is 0 Å². The van der Waals surface area contributed by atoms with Crippen molar-refractivity contribution in [3.8, 4) is 6.07 Å². The zero-order chi connectivity index (χ0) is 12.5. The molecule has 0 aliphatic carbocycles. The highest BCUT2D eigenvalue weighted by Gasteiger charge is 2.71. The van der Waals surface area contributed by atoms with Crippen molar-refractivity contribution in [3.63, 3.8) is 0 Å². The molecule has 0 atom stereocenters. The summed E-state index contributed by atoms with van der Waals surface area (Å²) in [6.07, 6.45) is -13.0. The molecule has 15 heavy (non-hydrogen) atoms. The molecule has 0 fully saturated rings. The lowest BCUT2D eigenvalue weighted by Crippen LogP contribution is -2.53. The Morgan fingerprint density at radius 3 is 1.67 bits per heavy atom. The topological polar surface area (TPSA) is 40.9 Å². The number of hydrogen-bond acceptors (Lipinski definition) is 2. The van der Waals surface area contributed by atoms with Crippen LogP contribution in [0.3, 0.4) is 0 Å². The van der Waals surface area contributed by atoms with Crippen LogP contribution in [0.4, 0.5) is 26.3 Å². The lowest BCUT2D eigenvalue weighted by Gasteiger charge is -2.31. The maximum atomic E-state index is 12.1. The van der Waals surface area contributed by atoms with Crippen LogP contribution in [0.1, 0.15) is 13.3 Å². The average Bonchev–Trinajstić information content (AvgIpc) is 1.99. The number of ketones is 1. The summed E-state index contributed by atoms with van der Waals surface area (Å²) >= 11 is 0. The van der Waals surface area contributed by atoms with Crippen molar-refractivity contribution < 1.29 is 31.1 Å². The summed E-state index contributed by atoms with van der Waals surface area (Å²) in [5, 5.41) is 7.93. The van der Waals surface area contributed by atoms with E-state index in [1.54, 1.807) is 0 Å². The van der Waals surface area contributed by atoms with Crippen molar-refractivity contribution in [3.05, 3.63) is 0 Å². The number of rotatable bonds is 2. The van der Waals surface area contributed by atoms with Gasteiger partial charge in [0.25, 0.3) is 0 Å². The Morgan fingerprint density at radius 2 is 1.47 bits per heavy atom. The fourth-order valence-corrected chi connectivity index (χ4v) is 0.725. The Labute approximate surface area is 80.5 Å². The molecule has 0 amide bonds. The SMILES string of the molecule is CC(C(=O)CC#N)(C(F)(F)F)C(F)(F)F. The van der Waals surface area contributed by atoms with Crippen LogP contribution in [-0.2, 0) is 4.79 Å². The molecule has 86 valence electrons. The highest BCUT2D eigenvalue weighted by Crippen LogP contribution is 2.50. The van der Waals surface area contributed by atoms with E-state index in [0.29, 0.717) is 0 Å². The zero-order valence-corrected chi connectivity index (χ0v) is 7.33. The van der Waals surface area contributed by atoms with Gasteiger partial charge in [0.2, 0.25) is 5.41 Å². The number of Topliss-reactive ketones (excluding diaryl/α,β-unsaturated/α-hetero) is 1. The standard InChI is InChI=1S/C7H5F6NO/c1-5(6(8,9)10,7(11,12)13)4(15)2-3-14/h2H2,1H3. The fourth-order valence-electron chi connectivity index (χ4n) is 0.725. The van der Waals surface area contributed by atoms with Gasteiger partial charge >= 0.3 is 12.4 Å². The van der Waals surface area contributed by atoms with E-state index >= 15 is 0 Å². The van der Waals surface area contributed by atoms with E-state index < -0.39 is 30.0 Å². The van der Waals surface area contributed by atoms with Crippen LogP contribution < -0.4 is 0 Å². The van der Waals surface area contributed by atoms with E-state index in [1.165, 1.54) is 0 Å². The molecule has 0 spiro atoms. The lowest BCUT2D eigenvalue weighted by atomic mass is 9.82. The van der Waals surface area contributed by atoms with Crippen molar-refractivity contribution >= 4 is 5.78 Å². The van der Waals surface area contributed by atoms with Gasteiger partial charge < -0.3 is 0 Å². The number of carbonyl (C=O) groups excluding carboxylic acids is 1. The predicted molar refractivity (Wildman–Crippen MR) is 35.5 cm³/mol. The second-order valence-electron chi connectivity index (χ2n) is 2.88. The van der Waals surface area contributed by atoms with Crippen molar-refractivity contribution in [2.24, 2.45) is 5.41 Å². The number of hydrogen-bond donors (Lipinski definition) is 0. The number of carbonyl (C=O) groups is 1. The van der Waals surface area contributed by atoms with Crippen LogP contribution >= 0.6 is 0 Å². The van der Waals surface area contributed by atoms with Gasteiger partial charge in [-0.3, -0.25) is 4.79 Å². The maximum Gasteiger partial charge on any atom is 0.409 e. The molecule has 0 aromatic rings. The Bertz CT molecular complexity index is 282. The molecular weight excluding hydrogens is 228 g/mol. The summed E-state index contributed by atoms with van der Waals surface area (Å²) in [5.41, 5.74) is -4.48. The Balaban J connectivity index is 5.45. The monoisotopic (exact) mass is 233 g/mol. The molecule has 0 unspecified atom stereocenters. The third-order valence-electron chi connectivity index (χ3n) is 1.93. The van der Waals surface area contributed by atoms with Crippen LogP contribution in [0.5, 0.6) is 0 Å². The number of nitriles is 1. The summed E-state index contributed by atoms with van der Waals surface area (Å²) < 4.78 is 72.7. The minimum absolute atomic E-state index is 0.271. The van der Waals surface area contributed by atoms with Gasteiger partial charge in [-0.1, -0.05) is 0 Å². The Kier molecular flexibility index (Phi) is 3.40. The third kappa shape index (κ3) is 2.22. The van der Waals surface area contributed by atoms with Gasteiger partial charge in [-0.2, -0.15) is 31.6 Å². The fraction of sp³-hybridized carbons (Fsp3) is 0.714. The first-order chi connectivity index (χ1) is 6.48. The Morgan fingerprint density at radius 1 is 1.13 bits per heavy atom. The maximum absolute atomic E-state index is 12.1. The van der Waals surface area contributed by atoms with Crippen LogP contribution in [0.15, 0.2) is 0 Å². The Hall–Kier alpha value is -1.26. The normalized spacial score (nSPS) is 13.5. The minimum Gasteiger partial charge on any atom is -0.297 e. The second-order valence-corrected chi connectivity index (χ2v) is 2.88. The van der Waals surface area contributed by atoms with Crippen molar-refractivity contribution in [1.82, 2.24) is 0 Å². The molecule has 0 aromatic heterocycles. The summed E-state index contributed by atoms with van der Waals surface area (Å²) in [4.78, 5) is 10.7. The van der Waals surface area contributed by atoms with Gasteiger partial charge in [-0.15, -0.1) is 0 Å². The molecule has 2 nitrogen and oxygen atoms in total. The van der Waals surface area contributed by atoms with Gasteiger partial charge in [-0.05, 0) is 6.92 Å². The first-order valence-electron chi connectivity index (χ1n) is 3.52. The molecule has 0 radical (unpaired) electrons. The summed E-state index contributed by atoms with van der Waals surface area (Å²) in [5.74, 6) is -2.20. The quantitative estimate of drug-likeness (QED) is 0.688. The van der Waals surface area contributed by atoms with Gasteiger partial charge in [0.15, 0.2) is 5.78 Å². The van der Waals surface area contributed by atoms with Crippen LogP contribution in [0, 0.1) is 16.7 Å². The summed E-state index contributed by atoms with van der Waals surface area (Å²) in [6.45, 7) is -0.271. The molecule has 0 N–H and O–H groups in total. The number of nitrogens with zero attached hydrogens (tertiary/aromatic N) is 1. The molecule has 0 aromatic carbocycles. The molecule has 0 aliphatic rings. The van der Waals surface area contributed by atoms with E-state index in [-0.39, 0.29) is 6.92 Å². The predicted octanol–water partition coefficient (Wildman–Crippen LogP) is 2.60. The lowest BCUT2D eigenvalue weighted by molar-refractivity contribution is -0.318. The zero-order valence-electron chi connectivity index (χ0n) is 7.33. The summed E-state index contributed by atoms with van der Waals surface area (Å²) in [7, 11) is 0. The van der Waals surface area contributed by atoms with Crippen molar-refractivity contribution in [2.75, 3.05) is 0 Å². The largest absolute Gasteiger partial charge is 0.409 e. The van der Waals surface area contributed by atoms with Crippen molar-refractivity contribution in [2.45, 2.75) is 25.7 Å². The van der Waals surface area contributed by atoms with Gasteiger partial charge in [0.1, 0.15) is 0 Å².